The minimum absolute atomic E-state index is 0.0639. The van der Waals surface area contributed by atoms with Gasteiger partial charge in [0.1, 0.15) is 5.75 Å². The molecule has 158 valence electrons. The molecule has 0 saturated carbocycles. The SMILES string of the molecule is CCCCNC(=O)C1CCC(C)N(S(=O)(=O)c2ccc(OC(F)F)c(Cl)c2)C1. The van der Waals surface area contributed by atoms with Crippen LogP contribution < -0.4 is 10.1 Å². The maximum Gasteiger partial charge on any atom is 0.387 e. The van der Waals surface area contributed by atoms with Crippen LogP contribution >= 0.6 is 11.6 Å². The molecule has 0 spiro atoms. The predicted octanol–water partition coefficient (Wildman–Crippen LogP) is 3.65. The number of unbranched alkanes of at least 4 members (excludes halogenated alkanes) is 1. The molecule has 1 N–H and O–H groups in total. The Morgan fingerprint density at radius 1 is 1.39 bits per heavy atom. The van der Waals surface area contributed by atoms with Crippen LogP contribution in [0.15, 0.2) is 23.1 Å². The summed E-state index contributed by atoms with van der Waals surface area (Å²) in [5, 5.41) is 2.62. The lowest BCUT2D eigenvalue weighted by Gasteiger charge is -2.36. The van der Waals surface area contributed by atoms with E-state index in [0.29, 0.717) is 19.4 Å². The molecule has 0 aliphatic carbocycles. The average Bonchev–Trinajstić information content (AvgIpc) is 2.63. The van der Waals surface area contributed by atoms with Crippen molar-refractivity contribution >= 4 is 27.5 Å². The number of hydrogen-bond donors (Lipinski definition) is 1. The van der Waals surface area contributed by atoms with Crippen LogP contribution in [0, 0.1) is 5.92 Å². The molecule has 1 fully saturated rings. The van der Waals surface area contributed by atoms with Crippen molar-refractivity contribution in [2.24, 2.45) is 5.92 Å². The lowest BCUT2D eigenvalue weighted by Crippen LogP contribution is -2.49. The molecule has 2 rings (SSSR count). The van der Waals surface area contributed by atoms with Crippen LogP contribution in [-0.2, 0) is 14.8 Å². The minimum Gasteiger partial charge on any atom is -0.433 e. The highest BCUT2D eigenvalue weighted by Crippen LogP contribution is 2.33. The van der Waals surface area contributed by atoms with Crippen molar-refractivity contribution in [2.45, 2.75) is 57.1 Å². The van der Waals surface area contributed by atoms with Gasteiger partial charge in [0.25, 0.3) is 0 Å². The monoisotopic (exact) mass is 438 g/mol. The Labute approximate surface area is 169 Å². The summed E-state index contributed by atoms with van der Waals surface area (Å²) in [5.41, 5.74) is 0. The third-order valence-corrected chi connectivity index (χ3v) is 7.02. The molecule has 2 atom stereocenters. The average molecular weight is 439 g/mol. The first-order valence-corrected chi connectivity index (χ1v) is 11.0. The second-order valence-corrected chi connectivity index (χ2v) is 9.11. The maximum absolute atomic E-state index is 13.1. The number of nitrogens with zero attached hydrogens (tertiary/aromatic N) is 1. The molecule has 28 heavy (non-hydrogen) atoms. The summed E-state index contributed by atoms with van der Waals surface area (Å²) in [6.07, 6.45) is 2.97. The quantitative estimate of drug-likeness (QED) is 0.628. The van der Waals surface area contributed by atoms with Gasteiger partial charge in [0, 0.05) is 19.1 Å². The number of amides is 1. The highest BCUT2D eigenvalue weighted by atomic mass is 35.5. The summed E-state index contributed by atoms with van der Waals surface area (Å²) in [6.45, 7) is 1.36. The van der Waals surface area contributed by atoms with E-state index in [9.17, 15) is 22.0 Å². The first kappa shape index (κ1) is 22.8. The van der Waals surface area contributed by atoms with Gasteiger partial charge < -0.3 is 10.1 Å². The molecule has 0 bridgehead atoms. The van der Waals surface area contributed by atoms with Crippen LogP contribution in [-0.4, -0.2) is 44.4 Å². The van der Waals surface area contributed by atoms with E-state index < -0.39 is 22.6 Å². The first-order chi connectivity index (χ1) is 13.2. The maximum atomic E-state index is 13.1. The fraction of sp³-hybridized carbons (Fsp3) is 0.611. The van der Waals surface area contributed by atoms with Gasteiger partial charge in [-0.05, 0) is 44.4 Å². The van der Waals surface area contributed by atoms with Crippen molar-refractivity contribution in [1.82, 2.24) is 9.62 Å². The molecule has 0 aromatic heterocycles. The summed E-state index contributed by atoms with van der Waals surface area (Å²) in [4.78, 5) is 12.2. The summed E-state index contributed by atoms with van der Waals surface area (Å²) >= 11 is 5.90. The van der Waals surface area contributed by atoms with E-state index in [1.165, 1.54) is 10.4 Å². The van der Waals surface area contributed by atoms with Gasteiger partial charge in [-0.25, -0.2) is 8.42 Å². The number of carbonyl (C=O) groups is 1. The van der Waals surface area contributed by atoms with Crippen molar-refractivity contribution in [3.05, 3.63) is 23.2 Å². The number of piperidine rings is 1. The zero-order valence-electron chi connectivity index (χ0n) is 15.8. The highest BCUT2D eigenvalue weighted by molar-refractivity contribution is 7.89. The van der Waals surface area contributed by atoms with E-state index in [2.05, 4.69) is 10.1 Å². The van der Waals surface area contributed by atoms with Crippen molar-refractivity contribution in [3.8, 4) is 5.75 Å². The van der Waals surface area contributed by atoms with Crippen LogP contribution in [0.5, 0.6) is 5.75 Å². The van der Waals surface area contributed by atoms with Crippen molar-refractivity contribution < 1.29 is 26.7 Å². The molecule has 0 radical (unpaired) electrons. The Morgan fingerprint density at radius 2 is 2.11 bits per heavy atom. The summed E-state index contributed by atoms with van der Waals surface area (Å²) < 4.78 is 56.4. The summed E-state index contributed by atoms with van der Waals surface area (Å²) in [6, 6.07) is 3.08. The van der Waals surface area contributed by atoms with Crippen molar-refractivity contribution in [1.29, 1.82) is 0 Å². The Kier molecular flexibility index (Phi) is 8.03. The number of rotatable bonds is 8. The number of halogens is 3. The van der Waals surface area contributed by atoms with Gasteiger partial charge in [0.05, 0.1) is 15.8 Å². The largest absolute Gasteiger partial charge is 0.433 e. The Balaban J connectivity index is 2.18. The fourth-order valence-corrected chi connectivity index (χ4v) is 5.15. The van der Waals surface area contributed by atoms with Gasteiger partial charge in [-0.1, -0.05) is 24.9 Å². The highest BCUT2D eigenvalue weighted by Gasteiger charge is 2.37. The molecule has 10 heteroatoms. The second-order valence-electron chi connectivity index (χ2n) is 6.81. The standard InChI is InChI=1S/C18H25ClF2N2O4S/c1-3-4-9-22-17(24)13-6-5-12(2)23(11-13)28(25,26)14-7-8-16(15(19)10-14)27-18(20)21/h7-8,10,12-13,18H,3-6,9,11H2,1-2H3,(H,22,24). The lowest BCUT2D eigenvalue weighted by atomic mass is 9.94. The van der Waals surface area contributed by atoms with Gasteiger partial charge >= 0.3 is 6.61 Å². The molecule has 1 aliphatic rings. The number of alkyl halides is 2. The van der Waals surface area contributed by atoms with Crippen molar-refractivity contribution in [3.63, 3.8) is 0 Å². The molecule has 1 saturated heterocycles. The molecule has 2 unspecified atom stereocenters. The molecule has 6 nitrogen and oxygen atoms in total. The third-order valence-electron chi connectivity index (χ3n) is 4.75. The smallest absolute Gasteiger partial charge is 0.387 e. The van der Waals surface area contributed by atoms with Gasteiger partial charge in [0.15, 0.2) is 0 Å². The van der Waals surface area contributed by atoms with Crippen LogP contribution in [0.25, 0.3) is 0 Å². The topological polar surface area (TPSA) is 75.7 Å². The van der Waals surface area contributed by atoms with E-state index >= 15 is 0 Å². The minimum atomic E-state index is -3.94. The van der Waals surface area contributed by atoms with Crippen molar-refractivity contribution in [2.75, 3.05) is 13.1 Å². The Morgan fingerprint density at radius 3 is 2.71 bits per heavy atom. The van der Waals surface area contributed by atoms with Gasteiger partial charge in [-0.2, -0.15) is 13.1 Å². The number of carbonyl (C=O) groups excluding carboxylic acids is 1. The molecule has 1 aromatic carbocycles. The lowest BCUT2D eigenvalue weighted by molar-refractivity contribution is -0.126. The molecule has 1 aliphatic heterocycles. The Hall–Kier alpha value is -1.45. The van der Waals surface area contributed by atoms with Crippen LogP contribution in [0.3, 0.4) is 0 Å². The second kappa shape index (κ2) is 9.84. The summed E-state index contributed by atoms with van der Waals surface area (Å²) in [5.74, 6) is -0.880. The summed E-state index contributed by atoms with van der Waals surface area (Å²) in [7, 11) is -3.94. The van der Waals surface area contributed by atoms with Crippen LogP contribution in [0.1, 0.15) is 39.5 Å². The van der Waals surface area contributed by atoms with E-state index in [1.807, 2.05) is 6.92 Å². The van der Waals surface area contributed by atoms with Gasteiger partial charge in [-0.15, -0.1) is 0 Å². The normalized spacial score (nSPS) is 20.9. The number of sulfonamides is 1. The van der Waals surface area contributed by atoms with E-state index in [4.69, 9.17) is 11.6 Å². The molecule has 1 amide bonds. The molecular formula is C18H25ClF2N2O4S. The first-order valence-electron chi connectivity index (χ1n) is 9.20. The number of ether oxygens (including phenoxy) is 1. The zero-order valence-corrected chi connectivity index (χ0v) is 17.4. The number of benzene rings is 1. The zero-order chi connectivity index (χ0) is 20.9. The Bertz CT molecular complexity index is 792. The van der Waals surface area contributed by atoms with E-state index in [1.54, 1.807) is 6.92 Å². The van der Waals surface area contributed by atoms with E-state index in [0.717, 1.165) is 25.0 Å². The number of nitrogens with one attached hydrogen (secondary N) is 1. The molecule has 1 aromatic rings. The predicted molar refractivity (Wildman–Crippen MR) is 102 cm³/mol. The number of hydrogen-bond acceptors (Lipinski definition) is 4. The van der Waals surface area contributed by atoms with Crippen LogP contribution in [0.2, 0.25) is 5.02 Å². The van der Waals surface area contributed by atoms with Crippen LogP contribution in [0.4, 0.5) is 8.78 Å². The molecule has 1 heterocycles. The van der Waals surface area contributed by atoms with E-state index in [-0.39, 0.29) is 34.2 Å². The fourth-order valence-electron chi connectivity index (χ4n) is 3.13. The van der Waals surface area contributed by atoms with Gasteiger partial charge in [0.2, 0.25) is 15.9 Å². The van der Waals surface area contributed by atoms with Gasteiger partial charge in [-0.3, -0.25) is 4.79 Å². The molecular weight excluding hydrogens is 414 g/mol. The third kappa shape index (κ3) is 5.55.